The summed E-state index contributed by atoms with van der Waals surface area (Å²) < 4.78 is 6.55. The minimum atomic E-state index is 0. The van der Waals surface area contributed by atoms with Crippen molar-refractivity contribution in [3.05, 3.63) is 71.4 Å². The summed E-state index contributed by atoms with van der Waals surface area (Å²) in [7, 11) is 0. The molecule has 0 amide bonds. The third-order valence-electron chi connectivity index (χ3n) is 5.18. The Bertz CT molecular complexity index is 897. The maximum Gasteiger partial charge on any atom is 0.101 e. The van der Waals surface area contributed by atoms with Crippen LogP contribution in [-0.4, -0.2) is 11.5 Å². The first-order valence-corrected chi connectivity index (χ1v) is 8.76. The summed E-state index contributed by atoms with van der Waals surface area (Å²) in [5.74, 6) is 0. The number of hydrogen-bond donors (Lipinski definition) is 1. The molecule has 3 nitrogen and oxygen atoms in total. The second-order valence-electron chi connectivity index (χ2n) is 6.66. The predicted molar refractivity (Wildman–Crippen MR) is 103 cm³/mol. The van der Waals surface area contributed by atoms with E-state index in [1.54, 1.807) is 0 Å². The van der Waals surface area contributed by atoms with Gasteiger partial charge >= 0.3 is 0 Å². The van der Waals surface area contributed by atoms with Crippen molar-refractivity contribution in [2.75, 3.05) is 11.9 Å². The van der Waals surface area contributed by atoms with Crippen molar-refractivity contribution < 1.29 is 4.74 Å². The van der Waals surface area contributed by atoms with E-state index in [0.29, 0.717) is 0 Å². The number of fused-ring (bicyclic) bond motifs is 2. The van der Waals surface area contributed by atoms with Gasteiger partial charge in [0, 0.05) is 23.2 Å². The molecule has 1 N–H and O–H groups in total. The molecule has 128 valence electrons. The van der Waals surface area contributed by atoms with E-state index >= 15 is 0 Å². The number of aromatic nitrogens is 1. The molecule has 4 heteroatoms. The minimum Gasteiger partial charge on any atom is -0.381 e. The van der Waals surface area contributed by atoms with Crippen molar-refractivity contribution >= 4 is 29.0 Å². The fourth-order valence-corrected chi connectivity index (χ4v) is 4.05. The van der Waals surface area contributed by atoms with Crippen molar-refractivity contribution in [2.45, 2.75) is 31.5 Å². The second-order valence-corrected chi connectivity index (χ2v) is 6.66. The maximum absolute atomic E-state index is 6.55. The van der Waals surface area contributed by atoms with Crippen LogP contribution >= 0.6 is 12.4 Å². The smallest absolute Gasteiger partial charge is 0.101 e. The van der Waals surface area contributed by atoms with E-state index in [1.807, 2.05) is 0 Å². The van der Waals surface area contributed by atoms with Crippen LogP contribution in [0.4, 0.5) is 5.69 Å². The van der Waals surface area contributed by atoms with Crippen LogP contribution in [0.1, 0.15) is 41.9 Å². The highest BCUT2D eigenvalue weighted by Crippen LogP contribution is 2.44. The lowest BCUT2D eigenvalue weighted by Crippen LogP contribution is -2.16. The van der Waals surface area contributed by atoms with Gasteiger partial charge in [-0.15, -0.1) is 12.4 Å². The van der Waals surface area contributed by atoms with Crippen molar-refractivity contribution in [3.8, 4) is 0 Å². The maximum atomic E-state index is 6.55. The number of benzene rings is 2. The van der Waals surface area contributed by atoms with Crippen LogP contribution in [0, 0.1) is 0 Å². The van der Waals surface area contributed by atoms with Gasteiger partial charge in [0.1, 0.15) is 6.10 Å². The number of para-hydroxylation sites is 1. The SMILES string of the molecule is Cl.c1ccc(C2CNc3c4c(nc5ccccc35)CCCC4O2)cc1. The molecule has 2 aromatic carbocycles. The predicted octanol–water partition coefficient (Wildman–Crippen LogP) is 5.22. The summed E-state index contributed by atoms with van der Waals surface area (Å²) in [6.07, 6.45) is 3.48. The molecule has 2 aliphatic rings. The lowest BCUT2D eigenvalue weighted by atomic mass is 9.90. The molecule has 5 rings (SSSR count). The van der Waals surface area contributed by atoms with E-state index in [-0.39, 0.29) is 24.6 Å². The zero-order valence-corrected chi connectivity index (χ0v) is 14.8. The Kier molecular flexibility index (Phi) is 4.36. The molecule has 2 heterocycles. The van der Waals surface area contributed by atoms with Crippen LogP contribution in [0.3, 0.4) is 0 Å². The Morgan fingerprint density at radius 2 is 1.76 bits per heavy atom. The molecule has 2 atom stereocenters. The molecule has 25 heavy (non-hydrogen) atoms. The van der Waals surface area contributed by atoms with E-state index < -0.39 is 0 Å². The van der Waals surface area contributed by atoms with Crippen LogP contribution in [-0.2, 0) is 11.2 Å². The molecule has 0 fully saturated rings. The van der Waals surface area contributed by atoms with Crippen LogP contribution in [0.25, 0.3) is 10.9 Å². The zero-order valence-electron chi connectivity index (χ0n) is 13.9. The summed E-state index contributed by atoms with van der Waals surface area (Å²) in [5.41, 5.74) is 6.05. The second kappa shape index (κ2) is 6.66. The fourth-order valence-electron chi connectivity index (χ4n) is 4.05. The summed E-state index contributed by atoms with van der Waals surface area (Å²) in [5, 5.41) is 4.90. The third kappa shape index (κ3) is 2.78. The molecule has 2 unspecified atom stereocenters. The first kappa shape index (κ1) is 16.4. The highest BCUT2D eigenvalue weighted by atomic mass is 35.5. The molecule has 0 bridgehead atoms. The molecular weight excluding hydrogens is 332 g/mol. The van der Waals surface area contributed by atoms with Crippen LogP contribution in [0.2, 0.25) is 0 Å². The highest BCUT2D eigenvalue weighted by molar-refractivity contribution is 5.94. The zero-order chi connectivity index (χ0) is 15.9. The molecule has 0 radical (unpaired) electrons. The summed E-state index contributed by atoms with van der Waals surface area (Å²) >= 11 is 0. The lowest BCUT2D eigenvalue weighted by molar-refractivity contribution is -0.0135. The van der Waals surface area contributed by atoms with Gasteiger partial charge in [-0.1, -0.05) is 48.5 Å². The van der Waals surface area contributed by atoms with Crippen LogP contribution in [0.15, 0.2) is 54.6 Å². The first-order valence-electron chi connectivity index (χ1n) is 8.76. The minimum absolute atomic E-state index is 0. The monoisotopic (exact) mass is 352 g/mol. The van der Waals surface area contributed by atoms with E-state index in [1.165, 1.54) is 27.9 Å². The fraction of sp³-hybridized carbons (Fsp3) is 0.286. The first-order chi connectivity index (χ1) is 11.9. The van der Waals surface area contributed by atoms with Crippen molar-refractivity contribution in [3.63, 3.8) is 0 Å². The number of hydrogen-bond acceptors (Lipinski definition) is 3. The number of pyridine rings is 1. The van der Waals surface area contributed by atoms with Gasteiger partial charge in [-0.05, 0) is 30.9 Å². The molecule has 1 aromatic heterocycles. The quantitative estimate of drug-likeness (QED) is 0.652. The largest absolute Gasteiger partial charge is 0.381 e. The van der Waals surface area contributed by atoms with Gasteiger partial charge in [0.15, 0.2) is 0 Å². The Balaban J connectivity index is 0.00000157. The Morgan fingerprint density at radius 1 is 0.960 bits per heavy atom. The molecule has 3 aromatic rings. The van der Waals surface area contributed by atoms with E-state index in [4.69, 9.17) is 9.72 Å². The number of aryl methyl sites for hydroxylation is 1. The van der Waals surface area contributed by atoms with Gasteiger partial charge in [-0.3, -0.25) is 4.98 Å². The number of nitrogens with zero attached hydrogens (tertiary/aromatic N) is 1. The number of halogens is 1. The van der Waals surface area contributed by atoms with E-state index in [2.05, 4.69) is 59.9 Å². The van der Waals surface area contributed by atoms with Crippen LogP contribution in [0.5, 0.6) is 0 Å². The Labute approximate surface area is 153 Å². The molecule has 0 saturated carbocycles. The Hall–Kier alpha value is -2.10. The molecular formula is C21H21ClN2O. The third-order valence-corrected chi connectivity index (χ3v) is 5.18. The lowest BCUT2D eigenvalue weighted by Gasteiger charge is -2.27. The van der Waals surface area contributed by atoms with Gasteiger partial charge in [0.05, 0.1) is 17.3 Å². The van der Waals surface area contributed by atoms with Crippen molar-refractivity contribution in [2.24, 2.45) is 0 Å². The molecule has 0 saturated heterocycles. The van der Waals surface area contributed by atoms with Crippen LogP contribution < -0.4 is 5.32 Å². The van der Waals surface area contributed by atoms with Crippen molar-refractivity contribution in [1.29, 1.82) is 0 Å². The topological polar surface area (TPSA) is 34.2 Å². The van der Waals surface area contributed by atoms with Crippen molar-refractivity contribution in [1.82, 2.24) is 4.98 Å². The average Bonchev–Trinajstić information content (AvgIpc) is 2.84. The standard InChI is InChI=1S/C21H20N2O.ClH/c1-2-7-14(8-3-1)19-13-22-21-15-9-4-5-10-16(15)23-17-11-6-12-18(24-19)20(17)21;/h1-5,7-10,18-19,22H,6,11-13H2;1H. The number of ether oxygens (including phenoxy) is 1. The number of nitrogens with one attached hydrogen (secondary N) is 1. The summed E-state index contributed by atoms with van der Waals surface area (Å²) in [6, 6.07) is 19.0. The number of rotatable bonds is 1. The van der Waals surface area contributed by atoms with Gasteiger partial charge in [0.25, 0.3) is 0 Å². The normalized spacial score (nSPS) is 21.6. The van der Waals surface area contributed by atoms with Gasteiger partial charge in [0.2, 0.25) is 0 Å². The van der Waals surface area contributed by atoms with E-state index in [9.17, 15) is 0 Å². The molecule has 1 aliphatic carbocycles. The van der Waals surface area contributed by atoms with Gasteiger partial charge in [-0.25, -0.2) is 0 Å². The van der Waals surface area contributed by atoms with E-state index in [0.717, 1.165) is 31.3 Å². The summed E-state index contributed by atoms with van der Waals surface area (Å²) in [4.78, 5) is 4.93. The highest BCUT2D eigenvalue weighted by Gasteiger charge is 2.32. The Morgan fingerprint density at radius 3 is 2.64 bits per heavy atom. The van der Waals surface area contributed by atoms with Gasteiger partial charge < -0.3 is 10.1 Å². The summed E-state index contributed by atoms with van der Waals surface area (Å²) in [6.45, 7) is 0.793. The molecule has 0 spiro atoms. The molecule has 1 aliphatic heterocycles. The van der Waals surface area contributed by atoms with Gasteiger partial charge in [-0.2, -0.15) is 0 Å². The number of anilines is 1. The average molecular weight is 353 g/mol.